The monoisotopic (exact) mass is 140 g/mol. The largest absolute Gasteiger partial charge is 0.326 e. The Morgan fingerprint density at radius 1 is 1.40 bits per heavy atom. The van der Waals surface area contributed by atoms with Crippen LogP contribution in [0.3, 0.4) is 0 Å². The highest BCUT2D eigenvalue weighted by Crippen LogP contribution is 2.06. The van der Waals surface area contributed by atoms with Gasteiger partial charge in [0.2, 0.25) is 0 Å². The molecule has 10 heavy (non-hydrogen) atoms. The predicted molar refractivity (Wildman–Crippen MR) is 43.7 cm³/mol. The van der Waals surface area contributed by atoms with Gasteiger partial charge in [0.15, 0.2) is 0 Å². The van der Waals surface area contributed by atoms with Crippen LogP contribution in [0.4, 0.5) is 0 Å². The Morgan fingerprint density at radius 2 is 2.10 bits per heavy atom. The van der Waals surface area contributed by atoms with Crippen molar-refractivity contribution >= 4 is 0 Å². The summed E-state index contributed by atoms with van der Waals surface area (Å²) in [6.45, 7) is 5.22. The lowest BCUT2D eigenvalue weighted by Crippen LogP contribution is -2.38. The number of nitrogens with one attached hydrogen (secondary N) is 1. The second-order valence-corrected chi connectivity index (χ2v) is 3.10. The van der Waals surface area contributed by atoms with E-state index in [4.69, 9.17) is 5.73 Å². The highest BCUT2D eigenvalue weighted by molar-refractivity contribution is 5.00. The average Bonchev–Trinajstić information content (AvgIpc) is 2.04. The molecule has 0 amide bonds. The molecule has 1 aliphatic rings. The van der Waals surface area contributed by atoms with E-state index in [1.165, 1.54) is 0 Å². The van der Waals surface area contributed by atoms with Gasteiger partial charge in [0.1, 0.15) is 0 Å². The van der Waals surface area contributed by atoms with Crippen molar-refractivity contribution in [3.8, 4) is 0 Å². The molecule has 3 atom stereocenters. The molecule has 0 spiro atoms. The second-order valence-electron chi connectivity index (χ2n) is 3.10. The van der Waals surface area contributed by atoms with Crippen LogP contribution >= 0.6 is 0 Å². The molecule has 0 aliphatic carbocycles. The summed E-state index contributed by atoms with van der Waals surface area (Å²) in [4.78, 5) is 0. The Kier molecular flexibility index (Phi) is 2.46. The number of hydrogen-bond donors (Lipinski definition) is 2. The molecule has 0 bridgehead atoms. The van der Waals surface area contributed by atoms with Crippen molar-refractivity contribution in [1.82, 2.24) is 5.32 Å². The van der Waals surface area contributed by atoms with Gasteiger partial charge >= 0.3 is 0 Å². The topological polar surface area (TPSA) is 38.0 Å². The fraction of sp³-hybridized carbons (Fsp3) is 0.750. The smallest absolute Gasteiger partial charge is 0.0226 e. The van der Waals surface area contributed by atoms with E-state index in [0.717, 1.165) is 6.54 Å². The minimum absolute atomic E-state index is 0.279. The van der Waals surface area contributed by atoms with Gasteiger partial charge in [0, 0.05) is 18.6 Å². The Morgan fingerprint density at radius 3 is 2.80 bits per heavy atom. The van der Waals surface area contributed by atoms with Crippen molar-refractivity contribution in [1.29, 1.82) is 0 Å². The molecule has 1 heterocycles. The van der Waals surface area contributed by atoms with E-state index in [-0.39, 0.29) is 6.04 Å². The molecule has 0 fully saturated rings. The third-order valence-electron chi connectivity index (χ3n) is 2.05. The standard InChI is InChI=1S/C8H16N2/c1-6-3-4-7(2)10-5-8(6)9/h3-4,6-8,10H,5,9H2,1-2H3/t6-,7+,8-/m1/s1. The molecule has 0 aromatic rings. The maximum Gasteiger partial charge on any atom is 0.0226 e. The van der Waals surface area contributed by atoms with Crippen molar-refractivity contribution in [2.45, 2.75) is 25.9 Å². The van der Waals surface area contributed by atoms with Gasteiger partial charge in [-0.2, -0.15) is 0 Å². The van der Waals surface area contributed by atoms with Crippen LogP contribution in [-0.4, -0.2) is 18.6 Å². The highest BCUT2D eigenvalue weighted by atomic mass is 14.9. The van der Waals surface area contributed by atoms with E-state index in [1.54, 1.807) is 0 Å². The Hall–Kier alpha value is -0.340. The van der Waals surface area contributed by atoms with E-state index in [0.29, 0.717) is 12.0 Å². The summed E-state index contributed by atoms with van der Waals surface area (Å²) >= 11 is 0. The minimum atomic E-state index is 0.279. The van der Waals surface area contributed by atoms with Crippen LogP contribution in [0.1, 0.15) is 13.8 Å². The first kappa shape index (κ1) is 7.76. The van der Waals surface area contributed by atoms with E-state index in [9.17, 15) is 0 Å². The van der Waals surface area contributed by atoms with Crippen LogP contribution < -0.4 is 11.1 Å². The predicted octanol–water partition coefficient (Wildman–Crippen LogP) is 0.498. The van der Waals surface area contributed by atoms with Gasteiger partial charge in [-0.05, 0) is 12.8 Å². The highest BCUT2D eigenvalue weighted by Gasteiger charge is 2.13. The van der Waals surface area contributed by atoms with Crippen LogP contribution in [0, 0.1) is 5.92 Å². The molecule has 2 nitrogen and oxygen atoms in total. The normalized spacial score (nSPS) is 41.3. The maximum absolute atomic E-state index is 5.83. The second kappa shape index (κ2) is 3.17. The van der Waals surface area contributed by atoms with Crippen molar-refractivity contribution in [2.24, 2.45) is 11.7 Å². The minimum Gasteiger partial charge on any atom is -0.326 e. The molecule has 0 aromatic heterocycles. The summed E-state index contributed by atoms with van der Waals surface area (Å²) in [5.74, 6) is 0.512. The first-order chi connectivity index (χ1) is 4.70. The van der Waals surface area contributed by atoms with Gasteiger partial charge in [-0.3, -0.25) is 0 Å². The zero-order chi connectivity index (χ0) is 7.56. The third-order valence-corrected chi connectivity index (χ3v) is 2.05. The molecule has 2 heteroatoms. The van der Waals surface area contributed by atoms with Crippen molar-refractivity contribution in [3.63, 3.8) is 0 Å². The average molecular weight is 140 g/mol. The first-order valence-corrected chi connectivity index (χ1v) is 3.87. The summed E-state index contributed by atoms with van der Waals surface area (Å²) in [7, 11) is 0. The fourth-order valence-corrected chi connectivity index (χ4v) is 1.06. The molecule has 58 valence electrons. The Bertz CT molecular complexity index is 131. The van der Waals surface area contributed by atoms with E-state index >= 15 is 0 Å². The van der Waals surface area contributed by atoms with Crippen molar-refractivity contribution in [2.75, 3.05) is 6.54 Å². The molecule has 0 saturated carbocycles. The Labute approximate surface area is 62.5 Å². The lowest BCUT2D eigenvalue weighted by Gasteiger charge is -2.14. The molecular weight excluding hydrogens is 124 g/mol. The molecule has 0 saturated heterocycles. The summed E-state index contributed by atoms with van der Waals surface area (Å²) in [6.07, 6.45) is 4.37. The fourth-order valence-electron chi connectivity index (χ4n) is 1.06. The molecule has 0 unspecified atom stereocenters. The molecule has 1 rings (SSSR count). The molecule has 0 aromatic carbocycles. The van der Waals surface area contributed by atoms with Crippen LogP contribution in [0.5, 0.6) is 0 Å². The third kappa shape index (κ3) is 1.82. The van der Waals surface area contributed by atoms with E-state index in [1.807, 2.05) is 0 Å². The van der Waals surface area contributed by atoms with Crippen LogP contribution in [0.2, 0.25) is 0 Å². The van der Waals surface area contributed by atoms with E-state index in [2.05, 4.69) is 31.3 Å². The summed E-state index contributed by atoms with van der Waals surface area (Å²) < 4.78 is 0. The number of rotatable bonds is 0. The van der Waals surface area contributed by atoms with Gasteiger partial charge in [-0.1, -0.05) is 19.1 Å². The molecule has 0 radical (unpaired) electrons. The van der Waals surface area contributed by atoms with Crippen LogP contribution in [-0.2, 0) is 0 Å². The molecular formula is C8H16N2. The maximum atomic E-state index is 5.83. The summed E-state index contributed by atoms with van der Waals surface area (Å²) in [5.41, 5.74) is 5.83. The summed E-state index contributed by atoms with van der Waals surface area (Å²) in [6, 6.07) is 0.761. The lowest BCUT2D eigenvalue weighted by molar-refractivity contribution is 0.499. The van der Waals surface area contributed by atoms with Crippen LogP contribution in [0.25, 0.3) is 0 Å². The van der Waals surface area contributed by atoms with Crippen molar-refractivity contribution in [3.05, 3.63) is 12.2 Å². The van der Waals surface area contributed by atoms with Gasteiger partial charge in [0.05, 0.1) is 0 Å². The number of nitrogens with two attached hydrogens (primary N) is 1. The van der Waals surface area contributed by atoms with E-state index < -0.39 is 0 Å². The van der Waals surface area contributed by atoms with Gasteiger partial charge in [-0.25, -0.2) is 0 Å². The Balaban J connectivity index is 2.53. The van der Waals surface area contributed by atoms with Crippen LogP contribution in [0.15, 0.2) is 12.2 Å². The molecule has 3 N–H and O–H groups in total. The lowest BCUT2D eigenvalue weighted by atomic mass is 10.0. The summed E-state index contributed by atoms with van der Waals surface area (Å²) in [5, 5.41) is 3.31. The SMILES string of the molecule is C[C@@H]1C=C[C@H](C)NC[C@H]1N. The van der Waals surface area contributed by atoms with Crippen molar-refractivity contribution < 1.29 is 0 Å². The quantitative estimate of drug-likeness (QED) is 0.481. The number of hydrogen-bond acceptors (Lipinski definition) is 2. The zero-order valence-corrected chi connectivity index (χ0v) is 6.67. The van der Waals surface area contributed by atoms with Gasteiger partial charge in [0.25, 0.3) is 0 Å². The van der Waals surface area contributed by atoms with Gasteiger partial charge in [-0.15, -0.1) is 0 Å². The molecule has 1 aliphatic heterocycles. The van der Waals surface area contributed by atoms with Gasteiger partial charge < -0.3 is 11.1 Å². The zero-order valence-electron chi connectivity index (χ0n) is 6.67. The first-order valence-electron chi connectivity index (χ1n) is 3.87.